The van der Waals surface area contributed by atoms with Crippen molar-refractivity contribution in [3.63, 3.8) is 0 Å². The zero-order valence-electron chi connectivity index (χ0n) is 9.29. The van der Waals surface area contributed by atoms with E-state index in [9.17, 15) is 4.79 Å². The quantitative estimate of drug-likeness (QED) is 0.669. The lowest BCUT2D eigenvalue weighted by Crippen LogP contribution is -2.36. The Morgan fingerprint density at radius 2 is 2.07 bits per heavy atom. The van der Waals surface area contributed by atoms with Crippen molar-refractivity contribution < 1.29 is 9.53 Å². The third-order valence-electron chi connectivity index (χ3n) is 2.89. The fourth-order valence-electron chi connectivity index (χ4n) is 2.04. The van der Waals surface area contributed by atoms with Crippen LogP contribution in [0.25, 0.3) is 0 Å². The van der Waals surface area contributed by atoms with E-state index in [0.717, 1.165) is 32.7 Å². The van der Waals surface area contributed by atoms with Crippen LogP contribution < -0.4 is 0 Å². The number of Topliss-reactive ketones (excluding diaryl/α,β-unsaturated/α-hetero) is 1. The van der Waals surface area contributed by atoms with Crippen molar-refractivity contribution >= 4 is 5.78 Å². The Hall–Kier alpha value is -0.410. The molecule has 1 aliphatic rings. The van der Waals surface area contributed by atoms with E-state index in [1.54, 1.807) is 14.0 Å². The number of nitrogens with zero attached hydrogens (tertiary/aromatic N) is 1. The normalized spacial score (nSPS) is 19.9. The van der Waals surface area contributed by atoms with Gasteiger partial charge in [0.2, 0.25) is 0 Å². The molecule has 0 N–H and O–H groups in total. The monoisotopic (exact) mass is 199 g/mol. The van der Waals surface area contributed by atoms with Gasteiger partial charge in [0.25, 0.3) is 0 Å². The van der Waals surface area contributed by atoms with Gasteiger partial charge in [-0.1, -0.05) is 0 Å². The predicted molar refractivity (Wildman–Crippen MR) is 56.3 cm³/mol. The van der Waals surface area contributed by atoms with Gasteiger partial charge in [-0.3, -0.25) is 0 Å². The first-order valence-corrected chi connectivity index (χ1v) is 5.43. The number of rotatable bonds is 5. The van der Waals surface area contributed by atoms with Crippen LogP contribution in [-0.4, -0.2) is 44.0 Å². The van der Waals surface area contributed by atoms with Crippen LogP contribution in [0, 0.1) is 5.92 Å². The Balaban J connectivity index is 2.14. The van der Waals surface area contributed by atoms with Crippen molar-refractivity contribution in [1.82, 2.24) is 4.90 Å². The maximum Gasteiger partial charge on any atom is 0.130 e. The predicted octanol–water partition coefficient (Wildman–Crippen LogP) is 1.32. The van der Waals surface area contributed by atoms with Crippen molar-refractivity contribution in [2.24, 2.45) is 5.92 Å². The zero-order chi connectivity index (χ0) is 10.4. The molecule has 1 aliphatic heterocycles. The highest BCUT2D eigenvalue weighted by Gasteiger charge is 2.19. The van der Waals surface area contributed by atoms with Gasteiger partial charge in [-0.15, -0.1) is 0 Å². The molecule has 3 nitrogen and oxygen atoms in total. The highest BCUT2D eigenvalue weighted by molar-refractivity contribution is 5.75. The molecule has 3 heteroatoms. The third kappa shape index (κ3) is 4.20. The van der Waals surface area contributed by atoms with Crippen LogP contribution in [0.4, 0.5) is 0 Å². The third-order valence-corrected chi connectivity index (χ3v) is 2.89. The second-order valence-corrected chi connectivity index (χ2v) is 4.18. The number of methoxy groups -OCH3 is 1. The molecule has 0 amide bonds. The first-order valence-electron chi connectivity index (χ1n) is 5.43. The molecule has 0 radical (unpaired) electrons. The van der Waals surface area contributed by atoms with Gasteiger partial charge in [-0.25, -0.2) is 0 Å². The molecule has 0 aromatic carbocycles. The van der Waals surface area contributed by atoms with Gasteiger partial charge in [0.05, 0.1) is 6.61 Å². The molecule has 1 saturated heterocycles. The van der Waals surface area contributed by atoms with E-state index in [1.807, 2.05) is 0 Å². The summed E-state index contributed by atoms with van der Waals surface area (Å²) < 4.78 is 5.04. The minimum Gasteiger partial charge on any atom is -0.383 e. The largest absolute Gasteiger partial charge is 0.383 e. The van der Waals surface area contributed by atoms with Crippen LogP contribution in [0.2, 0.25) is 0 Å². The molecule has 82 valence electrons. The smallest absolute Gasteiger partial charge is 0.130 e. The molecular formula is C11H21NO2. The summed E-state index contributed by atoms with van der Waals surface area (Å²) in [5.41, 5.74) is 0. The van der Waals surface area contributed by atoms with Gasteiger partial charge in [0, 0.05) is 20.1 Å². The Morgan fingerprint density at radius 3 is 2.57 bits per heavy atom. The Morgan fingerprint density at radius 1 is 1.43 bits per heavy atom. The van der Waals surface area contributed by atoms with Crippen molar-refractivity contribution in [2.75, 3.05) is 33.4 Å². The summed E-state index contributed by atoms with van der Waals surface area (Å²) >= 11 is 0. The molecule has 0 aromatic heterocycles. The van der Waals surface area contributed by atoms with Crippen LogP contribution >= 0.6 is 0 Å². The summed E-state index contributed by atoms with van der Waals surface area (Å²) in [7, 11) is 1.74. The number of hydrogen-bond acceptors (Lipinski definition) is 3. The van der Waals surface area contributed by atoms with Crippen LogP contribution in [0.5, 0.6) is 0 Å². The van der Waals surface area contributed by atoms with Crippen molar-refractivity contribution in [3.8, 4) is 0 Å². The second kappa shape index (κ2) is 6.14. The molecule has 0 bridgehead atoms. The lowest BCUT2D eigenvalue weighted by Gasteiger charge is -2.31. The molecule has 1 rings (SSSR count). The average molecular weight is 199 g/mol. The van der Waals surface area contributed by atoms with E-state index in [4.69, 9.17) is 4.74 Å². The van der Waals surface area contributed by atoms with Crippen molar-refractivity contribution in [2.45, 2.75) is 26.2 Å². The van der Waals surface area contributed by atoms with Crippen LogP contribution in [0.15, 0.2) is 0 Å². The van der Waals surface area contributed by atoms with E-state index >= 15 is 0 Å². The van der Waals surface area contributed by atoms with E-state index in [0.29, 0.717) is 11.7 Å². The summed E-state index contributed by atoms with van der Waals surface area (Å²) in [6.07, 6.45) is 3.12. The van der Waals surface area contributed by atoms with E-state index in [2.05, 4.69) is 4.90 Å². The minimum absolute atomic E-state index is 0.334. The highest BCUT2D eigenvalue weighted by Crippen LogP contribution is 2.20. The molecule has 0 saturated carbocycles. The van der Waals surface area contributed by atoms with Crippen LogP contribution in [-0.2, 0) is 9.53 Å². The zero-order valence-corrected chi connectivity index (χ0v) is 9.29. The molecule has 0 atom stereocenters. The number of ether oxygens (including phenoxy) is 1. The topological polar surface area (TPSA) is 29.5 Å². The fourth-order valence-corrected chi connectivity index (χ4v) is 2.04. The number of likely N-dealkylation sites (tertiary alicyclic amines) is 1. The second-order valence-electron chi connectivity index (χ2n) is 4.18. The van der Waals surface area contributed by atoms with Crippen molar-refractivity contribution in [3.05, 3.63) is 0 Å². The van der Waals surface area contributed by atoms with Crippen LogP contribution in [0.3, 0.4) is 0 Å². The summed E-state index contributed by atoms with van der Waals surface area (Å²) in [5.74, 6) is 0.964. The Kier molecular flexibility index (Phi) is 5.12. The molecule has 0 unspecified atom stereocenters. The Labute approximate surface area is 86.4 Å². The van der Waals surface area contributed by atoms with E-state index in [1.165, 1.54) is 12.8 Å². The number of piperidine rings is 1. The standard InChI is InChI=1S/C11H21NO2/c1-10(13)9-11-3-5-12(6-4-11)7-8-14-2/h11H,3-9H2,1-2H3. The maximum atomic E-state index is 10.9. The minimum atomic E-state index is 0.334. The molecule has 0 spiro atoms. The molecule has 14 heavy (non-hydrogen) atoms. The lowest BCUT2D eigenvalue weighted by molar-refractivity contribution is -0.118. The average Bonchev–Trinajstić information content (AvgIpc) is 2.16. The van der Waals surface area contributed by atoms with Gasteiger partial charge in [-0.2, -0.15) is 0 Å². The number of carbonyl (C=O) groups excluding carboxylic acids is 1. The summed E-state index contributed by atoms with van der Waals surface area (Å²) in [6.45, 7) is 5.79. The molecular weight excluding hydrogens is 178 g/mol. The number of carbonyl (C=O) groups is 1. The van der Waals surface area contributed by atoms with Crippen molar-refractivity contribution in [1.29, 1.82) is 0 Å². The molecule has 0 aromatic rings. The van der Waals surface area contributed by atoms with E-state index < -0.39 is 0 Å². The molecule has 1 heterocycles. The molecule has 0 aliphatic carbocycles. The summed E-state index contributed by atoms with van der Waals surface area (Å²) in [4.78, 5) is 13.3. The summed E-state index contributed by atoms with van der Waals surface area (Å²) in [5, 5.41) is 0. The van der Waals surface area contributed by atoms with Gasteiger partial charge in [0.15, 0.2) is 0 Å². The molecule has 1 fully saturated rings. The SMILES string of the molecule is COCCN1CCC(CC(C)=O)CC1. The summed E-state index contributed by atoms with van der Waals surface area (Å²) in [6, 6.07) is 0. The fraction of sp³-hybridized carbons (Fsp3) is 0.909. The van der Waals surface area contributed by atoms with Gasteiger partial charge in [0.1, 0.15) is 5.78 Å². The number of ketones is 1. The number of hydrogen-bond donors (Lipinski definition) is 0. The van der Waals surface area contributed by atoms with Gasteiger partial charge < -0.3 is 14.4 Å². The van der Waals surface area contributed by atoms with Crippen LogP contribution in [0.1, 0.15) is 26.2 Å². The van der Waals surface area contributed by atoms with Gasteiger partial charge >= 0.3 is 0 Å². The first kappa shape index (κ1) is 11.7. The first-order chi connectivity index (χ1) is 6.72. The Bertz CT molecular complexity index is 174. The highest BCUT2D eigenvalue weighted by atomic mass is 16.5. The van der Waals surface area contributed by atoms with E-state index in [-0.39, 0.29) is 0 Å². The maximum absolute atomic E-state index is 10.9. The lowest BCUT2D eigenvalue weighted by atomic mass is 9.92. The van der Waals surface area contributed by atoms with Gasteiger partial charge in [-0.05, 0) is 38.8 Å².